The van der Waals surface area contributed by atoms with E-state index in [9.17, 15) is 4.79 Å². The van der Waals surface area contributed by atoms with E-state index >= 15 is 0 Å². The summed E-state index contributed by atoms with van der Waals surface area (Å²) in [4.78, 5) is 13.0. The average Bonchev–Trinajstić information content (AvgIpc) is 2.31. The average molecular weight is 156 g/mol. The van der Waals surface area contributed by atoms with Gasteiger partial charge >= 0.3 is 0 Å². The van der Waals surface area contributed by atoms with Crippen LogP contribution in [0.5, 0.6) is 0 Å². The van der Waals surface area contributed by atoms with Gasteiger partial charge in [-0.25, -0.2) is 0 Å². The fourth-order valence-corrected chi connectivity index (χ4v) is 1.42. The van der Waals surface area contributed by atoms with Crippen molar-refractivity contribution in [3.8, 4) is 0 Å². The molecule has 1 saturated heterocycles. The molecule has 2 N–H and O–H groups in total. The summed E-state index contributed by atoms with van der Waals surface area (Å²) in [5, 5.41) is 0. The molecule has 3 nitrogen and oxygen atoms in total. The number of likely N-dealkylation sites (tertiary alicyclic amines) is 1. The van der Waals surface area contributed by atoms with Gasteiger partial charge in [0.1, 0.15) is 0 Å². The molecule has 2 unspecified atom stereocenters. The predicted molar refractivity (Wildman–Crippen MR) is 44.0 cm³/mol. The number of carbonyl (C=O) groups is 1. The fourth-order valence-electron chi connectivity index (χ4n) is 1.42. The molecule has 1 rings (SSSR count). The van der Waals surface area contributed by atoms with Gasteiger partial charge < -0.3 is 10.6 Å². The summed E-state index contributed by atoms with van der Waals surface area (Å²) in [6.45, 7) is 5.56. The van der Waals surface area contributed by atoms with Crippen LogP contribution >= 0.6 is 0 Å². The quantitative estimate of drug-likeness (QED) is 0.589. The van der Waals surface area contributed by atoms with Crippen LogP contribution in [0.3, 0.4) is 0 Å². The Bertz CT molecular complexity index is 148. The molecule has 0 aromatic heterocycles. The minimum atomic E-state index is 0.186. The zero-order valence-corrected chi connectivity index (χ0v) is 7.21. The monoisotopic (exact) mass is 156 g/mol. The first-order valence-electron chi connectivity index (χ1n) is 4.18. The lowest BCUT2D eigenvalue weighted by Crippen LogP contribution is -2.31. The third kappa shape index (κ3) is 1.71. The SMILES string of the molecule is CCC(=O)N1CC(C)C(N)C1. The van der Waals surface area contributed by atoms with Crippen LogP contribution in [-0.2, 0) is 4.79 Å². The summed E-state index contributed by atoms with van der Waals surface area (Å²) in [6, 6.07) is 0.186. The Morgan fingerprint density at radius 2 is 2.27 bits per heavy atom. The molecule has 1 aliphatic heterocycles. The molecule has 1 fully saturated rings. The highest BCUT2D eigenvalue weighted by Gasteiger charge is 2.28. The van der Waals surface area contributed by atoms with Crippen LogP contribution < -0.4 is 5.73 Å². The van der Waals surface area contributed by atoms with Gasteiger partial charge in [0.25, 0.3) is 0 Å². The van der Waals surface area contributed by atoms with E-state index in [1.165, 1.54) is 0 Å². The number of carbonyl (C=O) groups excluding carboxylic acids is 1. The van der Waals surface area contributed by atoms with Gasteiger partial charge in [-0.3, -0.25) is 4.79 Å². The van der Waals surface area contributed by atoms with Crippen molar-refractivity contribution in [2.24, 2.45) is 11.7 Å². The summed E-state index contributed by atoms with van der Waals surface area (Å²) in [6.07, 6.45) is 0.597. The van der Waals surface area contributed by atoms with Crippen LogP contribution in [-0.4, -0.2) is 29.9 Å². The Morgan fingerprint density at radius 1 is 1.64 bits per heavy atom. The number of nitrogens with two attached hydrogens (primary N) is 1. The minimum absolute atomic E-state index is 0.186. The number of hydrogen-bond donors (Lipinski definition) is 1. The van der Waals surface area contributed by atoms with Gasteiger partial charge in [-0.15, -0.1) is 0 Å². The molecule has 64 valence electrons. The number of nitrogens with zero attached hydrogens (tertiary/aromatic N) is 1. The second-order valence-corrected chi connectivity index (χ2v) is 3.29. The van der Waals surface area contributed by atoms with Gasteiger partial charge in [-0.1, -0.05) is 13.8 Å². The Hall–Kier alpha value is -0.570. The lowest BCUT2D eigenvalue weighted by molar-refractivity contribution is -0.129. The standard InChI is InChI=1S/C8H16N2O/c1-3-8(11)10-4-6(2)7(9)5-10/h6-7H,3-5,9H2,1-2H3. The highest BCUT2D eigenvalue weighted by molar-refractivity contribution is 5.76. The first kappa shape index (κ1) is 8.53. The Balaban J connectivity index is 2.46. The lowest BCUT2D eigenvalue weighted by atomic mass is 10.1. The van der Waals surface area contributed by atoms with Gasteiger partial charge in [0, 0.05) is 25.6 Å². The third-order valence-electron chi connectivity index (χ3n) is 2.33. The topological polar surface area (TPSA) is 46.3 Å². The Kier molecular flexibility index (Phi) is 2.49. The lowest BCUT2D eigenvalue weighted by Gasteiger charge is -2.13. The van der Waals surface area contributed by atoms with E-state index in [0.29, 0.717) is 12.3 Å². The molecule has 1 aliphatic rings. The van der Waals surface area contributed by atoms with Gasteiger partial charge in [-0.2, -0.15) is 0 Å². The van der Waals surface area contributed by atoms with E-state index in [1.807, 2.05) is 11.8 Å². The van der Waals surface area contributed by atoms with Crippen LogP contribution in [0.25, 0.3) is 0 Å². The van der Waals surface area contributed by atoms with Crippen LogP contribution in [0, 0.1) is 5.92 Å². The van der Waals surface area contributed by atoms with Crippen molar-refractivity contribution in [2.75, 3.05) is 13.1 Å². The van der Waals surface area contributed by atoms with Crippen molar-refractivity contribution in [3.05, 3.63) is 0 Å². The number of amides is 1. The third-order valence-corrected chi connectivity index (χ3v) is 2.33. The normalized spacial score (nSPS) is 31.0. The summed E-state index contributed by atoms with van der Waals surface area (Å²) in [7, 11) is 0. The summed E-state index contributed by atoms with van der Waals surface area (Å²) in [5.41, 5.74) is 5.77. The molecular formula is C8H16N2O. The van der Waals surface area contributed by atoms with Gasteiger partial charge in [0.15, 0.2) is 0 Å². The van der Waals surface area contributed by atoms with Gasteiger partial charge in [0.2, 0.25) is 5.91 Å². The van der Waals surface area contributed by atoms with Gasteiger partial charge in [0.05, 0.1) is 0 Å². The first-order chi connectivity index (χ1) is 5.15. The van der Waals surface area contributed by atoms with E-state index in [-0.39, 0.29) is 11.9 Å². The smallest absolute Gasteiger partial charge is 0.222 e. The van der Waals surface area contributed by atoms with Gasteiger partial charge in [-0.05, 0) is 5.92 Å². The van der Waals surface area contributed by atoms with Crippen molar-refractivity contribution >= 4 is 5.91 Å². The Labute approximate surface area is 67.5 Å². The molecule has 0 aromatic carbocycles. The largest absolute Gasteiger partial charge is 0.341 e. The maximum atomic E-state index is 11.2. The predicted octanol–water partition coefficient (Wildman–Crippen LogP) is 0.202. The van der Waals surface area contributed by atoms with E-state index in [2.05, 4.69) is 6.92 Å². The van der Waals surface area contributed by atoms with E-state index in [1.54, 1.807) is 0 Å². The second-order valence-electron chi connectivity index (χ2n) is 3.29. The van der Waals surface area contributed by atoms with Crippen LogP contribution in [0.1, 0.15) is 20.3 Å². The molecule has 0 radical (unpaired) electrons. The molecule has 11 heavy (non-hydrogen) atoms. The van der Waals surface area contributed by atoms with Crippen molar-refractivity contribution in [1.29, 1.82) is 0 Å². The van der Waals surface area contributed by atoms with E-state index in [0.717, 1.165) is 13.1 Å². The summed E-state index contributed by atoms with van der Waals surface area (Å²) >= 11 is 0. The van der Waals surface area contributed by atoms with E-state index < -0.39 is 0 Å². The highest BCUT2D eigenvalue weighted by atomic mass is 16.2. The molecule has 1 amide bonds. The molecule has 3 heteroatoms. The summed E-state index contributed by atoms with van der Waals surface area (Å²) in [5.74, 6) is 0.690. The van der Waals surface area contributed by atoms with Crippen molar-refractivity contribution in [1.82, 2.24) is 4.90 Å². The molecule has 0 saturated carbocycles. The highest BCUT2D eigenvalue weighted by Crippen LogP contribution is 2.14. The van der Waals surface area contributed by atoms with Crippen LogP contribution in [0.4, 0.5) is 0 Å². The minimum Gasteiger partial charge on any atom is -0.341 e. The maximum absolute atomic E-state index is 11.2. The van der Waals surface area contributed by atoms with Crippen LogP contribution in [0.2, 0.25) is 0 Å². The second kappa shape index (κ2) is 3.22. The number of rotatable bonds is 1. The van der Waals surface area contributed by atoms with Crippen molar-refractivity contribution in [2.45, 2.75) is 26.3 Å². The summed E-state index contributed by atoms with van der Waals surface area (Å²) < 4.78 is 0. The molecule has 1 heterocycles. The molecular weight excluding hydrogens is 140 g/mol. The number of hydrogen-bond acceptors (Lipinski definition) is 2. The zero-order valence-electron chi connectivity index (χ0n) is 7.21. The molecule has 0 aromatic rings. The molecule has 0 spiro atoms. The maximum Gasteiger partial charge on any atom is 0.222 e. The molecule has 0 aliphatic carbocycles. The first-order valence-corrected chi connectivity index (χ1v) is 4.18. The van der Waals surface area contributed by atoms with Crippen molar-refractivity contribution < 1.29 is 4.79 Å². The van der Waals surface area contributed by atoms with E-state index in [4.69, 9.17) is 5.73 Å². The fraction of sp³-hybridized carbons (Fsp3) is 0.875. The van der Waals surface area contributed by atoms with Crippen LogP contribution in [0.15, 0.2) is 0 Å². The zero-order chi connectivity index (χ0) is 8.43. The molecule has 2 atom stereocenters. The molecule has 0 bridgehead atoms. The Morgan fingerprint density at radius 3 is 2.64 bits per heavy atom. The van der Waals surface area contributed by atoms with Crippen molar-refractivity contribution in [3.63, 3.8) is 0 Å².